The number of hydrogen-bond acceptors (Lipinski definition) is 4. The molecule has 0 aliphatic carbocycles. The number of phenolic OH excluding ortho intramolecular Hbond substituents is 1. The molecule has 1 fully saturated rings. The number of phenols is 1. The van der Waals surface area contributed by atoms with Crippen LogP contribution in [0.3, 0.4) is 0 Å². The van der Waals surface area contributed by atoms with Crippen molar-refractivity contribution in [2.45, 2.75) is 19.4 Å². The Kier molecular flexibility index (Phi) is 9.15. The van der Waals surface area contributed by atoms with Gasteiger partial charge >= 0.3 is 0 Å². The molecule has 4 nitrogen and oxygen atoms in total. The van der Waals surface area contributed by atoms with E-state index >= 15 is 0 Å². The number of halogens is 2. The monoisotopic (exact) mass is 343 g/mol. The van der Waals surface area contributed by atoms with E-state index in [-0.39, 0.29) is 36.6 Å². The van der Waals surface area contributed by atoms with Crippen molar-refractivity contribution in [1.82, 2.24) is 10.2 Å². The Morgan fingerprint density at radius 3 is 2.59 bits per heavy atom. The van der Waals surface area contributed by atoms with Crippen LogP contribution in [0.1, 0.15) is 30.5 Å². The van der Waals surface area contributed by atoms with Gasteiger partial charge in [0, 0.05) is 37.8 Å². The van der Waals surface area contributed by atoms with Crippen LogP contribution >= 0.6 is 24.8 Å². The predicted molar refractivity (Wildman–Crippen MR) is 93.9 cm³/mol. The molecule has 1 aliphatic rings. The summed E-state index contributed by atoms with van der Waals surface area (Å²) < 4.78 is 0. The highest BCUT2D eigenvalue weighted by atomic mass is 35.5. The zero-order valence-corrected chi connectivity index (χ0v) is 14.3. The number of hydrogen-bond donors (Lipinski definition) is 2. The van der Waals surface area contributed by atoms with Crippen molar-refractivity contribution >= 4 is 24.8 Å². The maximum absolute atomic E-state index is 10.2. The Hall–Kier alpha value is -1.25. The van der Waals surface area contributed by atoms with Crippen LogP contribution in [-0.2, 0) is 0 Å². The summed E-state index contributed by atoms with van der Waals surface area (Å²) in [5.74, 6) is 0.258. The van der Waals surface area contributed by atoms with E-state index in [1.807, 2.05) is 6.92 Å². The fourth-order valence-electron chi connectivity index (χ4n) is 2.65. The quantitative estimate of drug-likeness (QED) is 0.825. The van der Waals surface area contributed by atoms with Gasteiger partial charge < -0.3 is 10.4 Å². The first-order chi connectivity index (χ1) is 9.61. The molecule has 0 radical (unpaired) electrons. The number of benzene rings is 1. The van der Waals surface area contributed by atoms with Gasteiger partial charge in [0.05, 0.1) is 11.6 Å². The van der Waals surface area contributed by atoms with Crippen LogP contribution in [0.25, 0.3) is 0 Å². The molecule has 1 saturated heterocycles. The molecule has 1 aliphatic heterocycles. The minimum atomic E-state index is 0. The normalized spacial score (nSPS) is 15.8. The molecule has 1 aromatic carbocycles. The predicted octanol–water partition coefficient (Wildman–Crippen LogP) is 3.02. The number of nitrogens with one attached hydrogen (secondary N) is 1. The number of rotatable bonds is 4. The standard InChI is InChI=1S/C16H21N3O.2ClH/c1-12(2)9-15(19-7-5-18-6-8-19)14-10-13(11-17)3-4-16(14)20;;/h3-4,10,15,18,20H,1,5-9H2,2H3;2*1H/t15-;;/m0../s1. The number of aromatic hydroxyl groups is 1. The molecule has 1 atom stereocenters. The fraction of sp³-hybridized carbons (Fsp3) is 0.438. The maximum Gasteiger partial charge on any atom is 0.120 e. The highest BCUT2D eigenvalue weighted by Gasteiger charge is 2.24. The second kappa shape index (κ2) is 9.70. The van der Waals surface area contributed by atoms with Crippen molar-refractivity contribution in [2.75, 3.05) is 26.2 Å². The van der Waals surface area contributed by atoms with E-state index in [0.717, 1.165) is 43.7 Å². The molecule has 122 valence electrons. The van der Waals surface area contributed by atoms with Crippen LogP contribution in [0.15, 0.2) is 30.4 Å². The number of nitrogens with zero attached hydrogens (tertiary/aromatic N) is 2. The van der Waals surface area contributed by atoms with Crippen LogP contribution in [-0.4, -0.2) is 36.2 Å². The van der Waals surface area contributed by atoms with Crippen molar-refractivity contribution in [3.05, 3.63) is 41.5 Å². The molecule has 0 saturated carbocycles. The van der Waals surface area contributed by atoms with E-state index in [0.29, 0.717) is 5.56 Å². The summed E-state index contributed by atoms with van der Waals surface area (Å²) in [5.41, 5.74) is 2.49. The highest BCUT2D eigenvalue weighted by Crippen LogP contribution is 2.33. The van der Waals surface area contributed by atoms with Gasteiger partial charge in [-0.15, -0.1) is 31.4 Å². The Labute approximate surface area is 144 Å². The molecule has 2 rings (SSSR count). The summed E-state index contributed by atoms with van der Waals surface area (Å²) >= 11 is 0. The molecule has 0 unspecified atom stereocenters. The Bertz CT molecular complexity index is 537. The van der Waals surface area contributed by atoms with Crippen molar-refractivity contribution in [1.29, 1.82) is 5.26 Å². The van der Waals surface area contributed by atoms with Crippen LogP contribution < -0.4 is 5.32 Å². The Morgan fingerprint density at radius 2 is 2.05 bits per heavy atom. The van der Waals surface area contributed by atoms with Crippen molar-refractivity contribution in [2.24, 2.45) is 0 Å². The lowest BCUT2D eigenvalue weighted by Crippen LogP contribution is -2.45. The average molecular weight is 344 g/mol. The Morgan fingerprint density at radius 1 is 1.41 bits per heavy atom. The van der Waals surface area contributed by atoms with Crippen molar-refractivity contribution in [3.63, 3.8) is 0 Å². The van der Waals surface area contributed by atoms with Crippen molar-refractivity contribution < 1.29 is 5.11 Å². The smallest absolute Gasteiger partial charge is 0.120 e. The van der Waals surface area contributed by atoms with E-state index in [9.17, 15) is 5.11 Å². The third-order valence-corrected chi connectivity index (χ3v) is 3.65. The van der Waals surface area contributed by atoms with E-state index in [4.69, 9.17) is 5.26 Å². The largest absolute Gasteiger partial charge is 0.508 e. The van der Waals surface area contributed by atoms with E-state index in [1.54, 1.807) is 18.2 Å². The van der Waals surface area contributed by atoms with Gasteiger partial charge in [0.15, 0.2) is 0 Å². The maximum atomic E-state index is 10.2. The molecule has 0 spiro atoms. The van der Waals surface area contributed by atoms with Gasteiger partial charge in [-0.2, -0.15) is 5.26 Å². The summed E-state index contributed by atoms with van der Waals surface area (Å²) in [5, 5.41) is 22.5. The molecule has 1 aromatic rings. The average Bonchev–Trinajstić information content (AvgIpc) is 2.46. The van der Waals surface area contributed by atoms with Gasteiger partial charge in [0.25, 0.3) is 0 Å². The van der Waals surface area contributed by atoms with Gasteiger partial charge in [0.2, 0.25) is 0 Å². The number of nitriles is 1. The summed E-state index contributed by atoms with van der Waals surface area (Å²) in [7, 11) is 0. The topological polar surface area (TPSA) is 59.3 Å². The molecule has 6 heteroatoms. The first-order valence-corrected chi connectivity index (χ1v) is 6.94. The lowest BCUT2D eigenvalue weighted by atomic mass is 9.95. The molecule has 0 amide bonds. The molecule has 1 heterocycles. The van der Waals surface area contributed by atoms with Crippen LogP contribution in [0.5, 0.6) is 5.75 Å². The third-order valence-electron chi connectivity index (χ3n) is 3.65. The van der Waals surface area contributed by atoms with E-state index in [1.165, 1.54) is 0 Å². The molecular formula is C16H23Cl2N3O. The SMILES string of the molecule is C=C(C)C[C@@H](c1cc(C#N)ccc1O)N1CCNCC1.Cl.Cl. The summed E-state index contributed by atoms with van der Waals surface area (Å²) in [4.78, 5) is 2.35. The molecule has 2 N–H and O–H groups in total. The molecule has 0 bridgehead atoms. The minimum absolute atomic E-state index is 0. The first kappa shape index (κ1) is 20.8. The van der Waals surface area contributed by atoms with Gasteiger partial charge in [-0.3, -0.25) is 4.90 Å². The lowest BCUT2D eigenvalue weighted by Gasteiger charge is -2.35. The van der Waals surface area contributed by atoms with Gasteiger partial charge in [-0.05, 0) is 31.5 Å². The van der Waals surface area contributed by atoms with Crippen LogP contribution in [0.2, 0.25) is 0 Å². The zero-order valence-electron chi connectivity index (χ0n) is 12.7. The van der Waals surface area contributed by atoms with E-state index in [2.05, 4.69) is 22.9 Å². The second-order valence-electron chi connectivity index (χ2n) is 5.35. The first-order valence-electron chi connectivity index (χ1n) is 6.94. The van der Waals surface area contributed by atoms with Crippen LogP contribution in [0.4, 0.5) is 0 Å². The Balaban J connectivity index is 0.00000220. The zero-order chi connectivity index (χ0) is 14.5. The fourth-order valence-corrected chi connectivity index (χ4v) is 2.65. The van der Waals surface area contributed by atoms with Gasteiger partial charge in [-0.1, -0.05) is 5.57 Å². The molecular weight excluding hydrogens is 321 g/mol. The summed E-state index contributed by atoms with van der Waals surface area (Å²) in [6.07, 6.45) is 0.794. The minimum Gasteiger partial charge on any atom is -0.508 e. The summed E-state index contributed by atoms with van der Waals surface area (Å²) in [6, 6.07) is 7.28. The molecule has 22 heavy (non-hydrogen) atoms. The second-order valence-corrected chi connectivity index (χ2v) is 5.35. The lowest BCUT2D eigenvalue weighted by molar-refractivity contribution is 0.170. The molecule has 0 aromatic heterocycles. The third kappa shape index (κ3) is 5.19. The van der Waals surface area contributed by atoms with Gasteiger partial charge in [-0.25, -0.2) is 0 Å². The number of piperazine rings is 1. The van der Waals surface area contributed by atoms with Crippen molar-refractivity contribution in [3.8, 4) is 11.8 Å². The van der Waals surface area contributed by atoms with E-state index < -0.39 is 0 Å². The highest BCUT2D eigenvalue weighted by molar-refractivity contribution is 5.85. The van der Waals surface area contributed by atoms with Gasteiger partial charge in [0.1, 0.15) is 5.75 Å². The summed E-state index contributed by atoms with van der Waals surface area (Å²) in [6.45, 7) is 9.78. The van der Waals surface area contributed by atoms with Crippen LogP contribution in [0, 0.1) is 11.3 Å².